The van der Waals surface area contributed by atoms with Crippen molar-refractivity contribution in [1.29, 1.82) is 0 Å². The molecular weight excluding hydrogens is 196 g/mol. The van der Waals surface area contributed by atoms with E-state index < -0.39 is 0 Å². The monoisotopic (exact) mass is 214 g/mol. The van der Waals surface area contributed by atoms with Crippen molar-refractivity contribution in [1.82, 2.24) is 10.3 Å². The summed E-state index contributed by atoms with van der Waals surface area (Å²) in [4.78, 5) is 4.40. The van der Waals surface area contributed by atoms with Crippen LogP contribution in [0.1, 0.15) is 37.0 Å². The van der Waals surface area contributed by atoms with Crippen molar-refractivity contribution < 1.29 is 5.11 Å². The molecule has 2 unspecified atom stereocenters. The molecule has 14 heavy (non-hydrogen) atoms. The summed E-state index contributed by atoms with van der Waals surface area (Å²) in [6.07, 6.45) is 0.557. The average molecular weight is 214 g/mol. The van der Waals surface area contributed by atoms with Gasteiger partial charge in [-0.15, -0.1) is 11.3 Å². The van der Waals surface area contributed by atoms with Crippen molar-refractivity contribution in [2.24, 2.45) is 0 Å². The van der Waals surface area contributed by atoms with Gasteiger partial charge in [0.1, 0.15) is 5.01 Å². The maximum atomic E-state index is 9.09. The molecule has 0 aromatic carbocycles. The number of aliphatic hydroxyl groups is 1. The summed E-state index contributed by atoms with van der Waals surface area (Å²) in [5.74, 6) is 0. The Bertz CT molecular complexity index is 273. The molecule has 2 N–H and O–H groups in total. The van der Waals surface area contributed by atoms with E-state index in [9.17, 15) is 0 Å². The van der Waals surface area contributed by atoms with Crippen LogP contribution in [0.4, 0.5) is 0 Å². The van der Waals surface area contributed by atoms with Crippen LogP contribution < -0.4 is 5.32 Å². The molecule has 1 rings (SSSR count). The number of aryl methyl sites for hydroxylation is 1. The first kappa shape index (κ1) is 11.6. The van der Waals surface area contributed by atoms with Gasteiger partial charge in [0, 0.05) is 11.1 Å². The summed E-state index contributed by atoms with van der Waals surface area (Å²) in [7, 11) is 0. The number of nitrogens with one attached hydrogen (secondary N) is 1. The van der Waals surface area contributed by atoms with Crippen molar-refractivity contribution >= 4 is 11.3 Å². The molecule has 0 saturated carbocycles. The van der Waals surface area contributed by atoms with E-state index in [1.54, 1.807) is 18.3 Å². The average Bonchev–Trinajstić information content (AvgIpc) is 2.51. The summed E-state index contributed by atoms with van der Waals surface area (Å²) in [6, 6.07) is 0.285. The highest BCUT2D eigenvalue weighted by Crippen LogP contribution is 2.17. The number of aliphatic hydroxyl groups excluding tert-OH is 1. The van der Waals surface area contributed by atoms with Crippen molar-refractivity contribution in [2.75, 3.05) is 6.54 Å². The number of aromatic nitrogens is 1. The van der Waals surface area contributed by atoms with Gasteiger partial charge in [0.2, 0.25) is 0 Å². The van der Waals surface area contributed by atoms with E-state index in [0.29, 0.717) is 0 Å². The van der Waals surface area contributed by atoms with Crippen LogP contribution in [0.15, 0.2) is 5.38 Å². The van der Waals surface area contributed by atoms with E-state index in [4.69, 9.17) is 5.11 Å². The van der Waals surface area contributed by atoms with Crippen LogP contribution in [0.2, 0.25) is 0 Å². The van der Waals surface area contributed by atoms with E-state index in [1.807, 2.05) is 6.92 Å². The molecule has 0 aliphatic heterocycles. The van der Waals surface area contributed by atoms with E-state index >= 15 is 0 Å². The molecule has 4 heteroatoms. The molecule has 0 saturated heterocycles. The molecule has 1 aromatic heterocycles. The van der Waals surface area contributed by atoms with Gasteiger partial charge >= 0.3 is 0 Å². The van der Waals surface area contributed by atoms with Crippen molar-refractivity contribution in [3.05, 3.63) is 16.1 Å². The molecule has 0 amide bonds. The zero-order valence-corrected chi connectivity index (χ0v) is 9.77. The first-order valence-corrected chi connectivity index (χ1v) is 5.81. The van der Waals surface area contributed by atoms with Crippen molar-refractivity contribution in [3.63, 3.8) is 0 Å². The minimum atomic E-state index is -0.229. The zero-order valence-electron chi connectivity index (χ0n) is 8.95. The van der Waals surface area contributed by atoms with E-state index in [1.165, 1.54) is 0 Å². The molecule has 2 atom stereocenters. The van der Waals surface area contributed by atoms with Gasteiger partial charge in [-0.25, -0.2) is 4.98 Å². The van der Waals surface area contributed by atoms with Crippen LogP contribution in [-0.2, 0) is 0 Å². The molecule has 0 spiro atoms. The van der Waals surface area contributed by atoms with Crippen LogP contribution in [0.5, 0.6) is 0 Å². The highest BCUT2D eigenvalue weighted by Gasteiger charge is 2.08. The predicted molar refractivity (Wildman–Crippen MR) is 59.6 cm³/mol. The lowest BCUT2D eigenvalue weighted by Crippen LogP contribution is -2.22. The predicted octanol–water partition coefficient (Wildman–Crippen LogP) is 1.87. The quantitative estimate of drug-likeness (QED) is 0.786. The smallest absolute Gasteiger partial charge is 0.110 e. The number of thiazole rings is 1. The first-order chi connectivity index (χ1) is 6.59. The minimum absolute atomic E-state index is 0.229. The molecule has 1 heterocycles. The fraction of sp³-hybridized carbons (Fsp3) is 0.700. The standard InChI is InChI=1S/C10H18N2OS/c1-7-6-14-10(12-7)9(3)11-5-4-8(2)13/h6,8-9,11,13H,4-5H2,1-3H3. The number of hydrogen-bond donors (Lipinski definition) is 2. The molecule has 0 aliphatic rings. The zero-order chi connectivity index (χ0) is 10.6. The second kappa shape index (κ2) is 5.44. The SMILES string of the molecule is Cc1csc(C(C)NCCC(C)O)n1. The van der Waals surface area contributed by atoms with Gasteiger partial charge in [-0.2, -0.15) is 0 Å². The minimum Gasteiger partial charge on any atom is -0.393 e. The molecule has 0 radical (unpaired) electrons. The summed E-state index contributed by atoms with van der Waals surface area (Å²) in [5.41, 5.74) is 1.08. The normalized spacial score (nSPS) is 15.4. The Kier molecular flexibility index (Phi) is 4.51. The number of hydrogen-bond acceptors (Lipinski definition) is 4. The van der Waals surface area contributed by atoms with Gasteiger partial charge in [-0.05, 0) is 33.7 Å². The van der Waals surface area contributed by atoms with Gasteiger partial charge in [0.05, 0.1) is 12.1 Å². The molecular formula is C10H18N2OS. The van der Waals surface area contributed by atoms with Gasteiger partial charge in [-0.3, -0.25) is 0 Å². The number of rotatable bonds is 5. The molecule has 3 nitrogen and oxygen atoms in total. The number of nitrogens with zero attached hydrogens (tertiary/aromatic N) is 1. The summed E-state index contributed by atoms with van der Waals surface area (Å²) in [6.45, 7) is 6.74. The molecule has 0 bridgehead atoms. The second-order valence-electron chi connectivity index (χ2n) is 3.64. The van der Waals surface area contributed by atoms with Gasteiger partial charge in [-0.1, -0.05) is 0 Å². The molecule has 80 valence electrons. The van der Waals surface area contributed by atoms with Crippen LogP contribution in [-0.4, -0.2) is 22.7 Å². The van der Waals surface area contributed by atoms with E-state index in [2.05, 4.69) is 22.6 Å². The Hall–Kier alpha value is -0.450. The van der Waals surface area contributed by atoms with E-state index in [-0.39, 0.29) is 12.1 Å². The van der Waals surface area contributed by atoms with E-state index in [0.717, 1.165) is 23.7 Å². The fourth-order valence-corrected chi connectivity index (χ4v) is 2.00. The Morgan fingerprint density at radius 2 is 2.29 bits per heavy atom. The summed E-state index contributed by atoms with van der Waals surface area (Å²) in [5, 5.41) is 15.6. The lowest BCUT2D eigenvalue weighted by atomic mass is 10.2. The molecule has 1 aromatic rings. The third-order valence-corrected chi connectivity index (χ3v) is 3.17. The largest absolute Gasteiger partial charge is 0.393 e. The Balaban J connectivity index is 2.32. The van der Waals surface area contributed by atoms with Crippen LogP contribution >= 0.6 is 11.3 Å². The third-order valence-electron chi connectivity index (χ3n) is 2.02. The highest BCUT2D eigenvalue weighted by molar-refractivity contribution is 7.09. The molecule has 0 aliphatic carbocycles. The van der Waals surface area contributed by atoms with Gasteiger partial charge in [0.15, 0.2) is 0 Å². The van der Waals surface area contributed by atoms with Crippen LogP contribution in [0.25, 0.3) is 0 Å². The van der Waals surface area contributed by atoms with Crippen LogP contribution in [0.3, 0.4) is 0 Å². The topological polar surface area (TPSA) is 45.1 Å². The summed E-state index contributed by atoms with van der Waals surface area (Å²) < 4.78 is 0. The lowest BCUT2D eigenvalue weighted by Gasteiger charge is -2.11. The maximum absolute atomic E-state index is 9.09. The Labute approximate surface area is 89.2 Å². The lowest BCUT2D eigenvalue weighted by molar-refractivity contribution is 0.182. The summed E-state index contributed by atoms with van der Waals surface area (Å²) >= 11 is 1.68. The van der Waals surface area contributed by atoms with Crippen molar-refractivity contribution in [3.8, 4) is 0 Å². The van der Waals surface area contributed by atoms with Crippen LogP contribution in [0, 0.1) is 6.92 Å². The third kappa shape index (κ3) is 3.74. The van der Waals surface area contributed by atoms with Gasteiger partial charge < -0.3 is 10.4 Å². The van der Waals surface area contributed by atoms with Gasteiger partial charge in [0.25, 0.3) is 0 Å². The fourth-order valence-electron chi connectivity index (χ4n) is 1.17. The van der Waals surface area contributed by atoms with Crippen molar-refractivity contribution in [2.45, 2.75) is 39.3 Å². The highest BCUT2D eigenvalue weighted by atomic mass is 32.1. The Morgan fingerprint density at radius 1 is 1.57 bits per heavy atom. The molecule has 0 fully saturated rings. The maximum Gasteiger partial charge on any atom is 0.110 e. The Morgan fingerprint density at radius 3 is 2.79 bits per heavy atom. The second-order valence-corrected chi connectivity index (χ2v) is 4.53. The first-order valence-electron chi connectivity index (χ1n) is 4.93.